The Morgan fingerprint density at radius 2 is 2.31 bits per heavy atom. The smallest absolute Gasteiger partial charge is 0.0384 e. The number of anilines is 2. The first-order chi connectivity index (χ1) is 6.13. The lowest BCUT2D eigenvalue weighted by atomic mass is 9.95. The standard InChI is InChI=1S/C11H16N2/c1-3-11(2)7-8-6-9(12)4-5-10(8)13-11/h4-6,13H,3,7,12H2,1-2H3. The van der Waals surface area contributed by atoms with Gasteiger partial charge in [0.25, 0.3) is 0 Å². The van der Waals surface area contributed by atoms with Crippen molar-refractivity contribution < 1.29 is 0 Å². The van der Waals surface area contributed by atoms with Gasteiger partial charge in [0.05, 0.1) is 0 Å². The van der Waals surface area contributed by atoms with Gasteiger partial charge >= 0.3 is 0 Å². The van der Waals surface area contributed by atoms with Crippen LogP contribution in [0.5, 0.6) is 0 Å². The summed E-state index contributed by atoms with van der Waals surface area (Å²) in [6.45, 7) is 4.46. The highest BCUT2D eigenvalue weighted by atomic mass is 15.0. The van der Waals surface area contributed by atoms with Crippen LogP contribution in [-0.2, 0) is 6.42 Å². The van der Waals surface area contributed by atoms with Crippen molar-refractivity contribution in [2.75, 3.05) is 11.1 Å². The van der Waals surface area contributed by atoms with Gasteiger partial charge in [-0.25, -0.2) is 0 Å². The fourth-order valence-electron chi connectivity index (χ4n) is 1.88. The van der Waals surface area contributed by atoms with Crippen LogP contribution in [0.3, 0.4) is 0 Å². The third-order valence-electron chi connectivity index (χ3n) is 2.93. The van der Waals surface area contributed by atoms with Crippen molar-refractivity contribution in [3.05, 3.63) is 23.8 Å². The molecule has 1 aliphatic rings. The first-order valence-electron chi connectivity index (χ1n) is 4.79. The molecular weight excluding hydrogens is 160 g/mol. The van der Waals surface area contributed by atoms with E-state index in [4.69, 9.17) is 5.73 Å². The summed E-state index contributed by atoms with van der Waals surface area (Å²) in [7, 11) is 0. The van der Waals surface area contributed by atoms with Crippen molar-refractivity contribution in [2.45, 2.75) is 32.2 Å². The van der Waals surface area contributed by atoms with E-state index in [2.05, 4.69) is 31.3 Å². The monoisotopic (exact) mass is 176 g/mol. The fraction of sp³-hybridized carbons (Fsp3) is 0.455. The van der Waals surface area contributed by atoms with Crippen LogP contribution in [0.15, 0.2) is 18.2 Å². The van der Waals surface area contributed by atoms with E-state index in [1.807, 2.05) is 6.07 Å². The molecule has 1 aromatic rings. The quantitative estimate of drug-likeness (QED) is 0.645. The number of hydrogen-bond acceptors (Lipinski definition) is 2. The Hall–Kier alpha value is -1.18. The van der Waals surface area contributed by atoms with E-state index in [1.54, 1.807) is 0 Å². The molecule has 0 aromatic heterocycles. The van der Waals surface area contributed by atoms with E-state index in [0.717, 1.165) is 18.5 Å². The molecule has 1 atom stereocenters. The number of hydrogen-bond donors (Lipinski definition) is 2. The Balaban J connectivity index is 2.35. The van der Waals surface area contributed by atoms with Crippen molar-refractivity contribution in [1.82, 2.24) is 0 Å². The van der Waals surface area contributed by atoms with Gasteiger partial charge in [-0.15, -0.1) is 0 Å². The highest BCUT2D eigenvalue weighted by Crippen LogP contribution is 2.34. The van der Waals surface area contributed by atoms with Gasteiger partial charge in [0.2, 0.25) is 0 Å². The number of rotatable bonds is 1. The molecular formula is C11H16N2. The Bertz CT molecular complexity index is 333. The van der Waals surface area contributed by atoms with Crippen LogP contribution in [-0.4, -0.2) is 5.54 Å². The lowest BCUT2D eigenvalue weighted by Crippen LogP contribution is -2.30. The predicted octanol–water partition coefficient (Wildman–Crippen LogP) is 2.41. The molecule has 3 N–H and O–H groups in total. The highest BCUT2D eigenvalue weighted by molar-refractivity contribution is 5.63. The molecule has 0 aliphatic carbocycles. The summed E-state index contributed by atoms with van der Waals surface area (Å²) in [5.74, 6) is 0. The van der Waals surface area contributed by atoms with Gasteiger partial charge in [0, 0.05) is 16.9 Å². The van der Waals surface area contributed by atoms with Crippen LogP contribution in [0.25, 0.3) is 0 Å². The molecule has 0 radical (unpaired) electrons. The highest BCUT2D eigenvalue weighted by Gasteiger charge is 2.29. The Morgan fingerprint density at radius 3 is 3.00 bits per heavy atom. The molecule has 0 saturated heterocycles. The van der Waals surface area contributed by atoms with Crippen molar-refractivity contribution in [2.24, 2.45) is 0 Å². The summed E-state index contributed by atoms with van der Waals surface area (Å²) in [4.78, 5) is 0. The van der Waals surface area contributed by atoms with E-state index >= 15 is 0 Å². The molecule has 0 saturated carbocycles. The van der Waals surface area contributed by atoms with E-state index in [-0.39, 0.29) is 5.54 Å². The zero-order valence-corrected chi connectivity index (χ0v) is 8.22. The second-order valence-electron chi connectivity index (χ2n) is 4.13. The molecule has 2 heteroatoms. The Kier molecular flexibility index (Phi) is 1.72. The molecule has 1 heterocycles. The number of nitrogen functional groups attached to an aromatic ring is 1. The predicted molar refractivity (Wildman–Crippen MR) is 56.9 cm³/mol. The third-order valence-corrected chi connectivity index (χ3v) is 2.93. The Labute approximate surface area is 79.1 Å². The van der Waals surface area contributed by atoms with Gasteiger partial charge in [-0.1, -0.05) is 6.92 Å². The summed E-state index contributed by atoms with van der Waals surface area (Å²) in [5, 5.41) is 3.53. The molecule has 0 bridgehead atoms. The molecule has 1 aliphatic heterocycles. The maximum Gasteiger partial charge on any atom is 0.0384 e. The number of fused-ring (bicyclic) bond motifs is 1. The van der Waals surface area contributed by atoms with Crippen molar-refractivity contribution in [3.8, 4) is 0 Å². The molecule has 2 nitrogen and oxygen atoms in total. The topological polar surface area (TPSA) is 38.0 Å². The van der Waals surface area contributed by atoms with E-state index < -0.39 is 0 Å². The molecule has 1 aromatic carbocycles. The van der Waals surface area contributed by atoms with Gasteiger partial charge < -0.3 is 11.1 Å². The molecule has 0 fully saturated rings. The SMILES string of the molecule is CCC1(C)Cc2cc(N)ccc2N1. The maximum atomic E-state index is 5.73. The summed E-state index contributed by atoms with van der Waals surface area (Å²) in [6, 6.07) is 6.10. The summed E-state index contributed by atoms with van der Waals surface area (Å²) >= 11 is 0. The van der Waals surface area contributed by atoms with Crippen LogP contribution in [0.1, 0.15) is 25.8 Å². The summed E-state index contributed by atoms with van der Waals surface area (Å²) in [6.07, 6.45) is 2.23. The van der Waals surface area contributed by atoms with Crippen molar-refractivity contribution in [1.29, 1.82) is 0 Å². The molecule has 70 valence electrons. The molecule has 1 unspecified atom stereocenters. The van der Waals surface area contributed by atoms with Crippen LogP contribution in [0.2, 0.25) is 0 Å². The van der Waals surface area contributed by atoms with Crippen molar-refractivity contribution >= 4 is 11.4 Å². The zero-order chi connectivity index (χ0) is 9.47. The summed E-state index contributed by atoms with van der Waals surface area (Å²) < 4.78 is 0. The number of nitrogens with one attached hydrogen (secondary N) is 1. The molecule has 13 heavy (non-hydrogen) atoms. The van der Waals surface area contributed by atoms with E-state index in [1.165, 1.54) is 11.3 Å². The van der Waals surface area contributed by atoms with E-state index in [0.29, 0.717) is 0 Å². The second kappa shape index (κ2) is 2.66. The van der Waals surface area contributed by atoms with Gasteiger partial charge in [-0.3, -0.25) is 0 Å². The lowest BCUT2D eigenvalue weighted by Gasteiger charge is -2.22. The van der Waals surface area contributed by atoms with Crippen molar-refractivity contribution in [3.63, 3.8) is 0 Å². The minimum Gasteiger partial charge on any atom is -0.399 e. The normalized spacial score (nSPS) is 25.4. The largest absolute Gasteiger partial charge is 0.399 e. The first-order valence-corrected chi connectivity index (χ1v) is 4.79. The maximum absolute atomic E-state index is 5.73. The average Bonchev–Trinajstić information content (AvgIpc) is 2.42. The van der Waals surface area contributed by atoms with Crippen LogP contribution in [0.4, 0.5) is 11.4 Å². The zero-order valence-electron chi connectivity index (χ0n) is 8.22. The third kappa shape index (κ3) is 1.37. The fourth-order valence-corrected chi connectivity index (χ4v) is 1.88. The van der Waals surface area contributed by atoms with Crippen LogP contribution >= 0.6 is 0 Å². The summed E-state index contributed by atoms with van der Waals surface area (Å²) in [5.41, 5.74) is 9.43. The van der Waals surface area contributed by atoms with Gasteiger partial charge in [0.1, 0.15) is 0 Å². The van der Waals surface area contributed by atoms with E-state index in [9.17, 15) is 0 Å². The molecule has 2 rings (SSSR count). The minimum atomic E-state index is 0.232. The van der Waals surface area contributed by atoms with Gasteiger partial charge in [0.15, 0.2) is 0 Å². The first kappa shape index (κ1) is 8.42. The van der Waals surface area contributed by atoms with Gasteiger partial charge in [-0.2, -0.15) is 0 Å². The minimum absolute atomic E-state index is 0.232. The molecule has 0 amide bonds. The molecule has 0 spiro atoms. The van der Waals surface area contributed by atoms with Gasteiger partial charge in [-0.05, 0) is 43.5 Å². The lowest BCUT2D eigenvalue weighted by molar-refractivity contribution is 0.515. The van der Waals surface area contributed by atoms with Crippen LogP contribution in [0, 0.1) is 0 Å². The Morgan fingerprint density at radius 1 is 1.54 bits per heavy atom. The average molecular weight is 176 g/mol. The van der Waals surface area contributed by atoms with Crippen LogP contribution < -0.4 is 11.1 Å². The number of benzene rings is 1. The number of nitrogens with two attached hydrogens (primary N) is 1. The second-order valence-corrected chi connectivity index (χ2v) is 4.13.